The fraction of sp³-hybridized carbons (Fsp3) is 0.241. The van der Waals surface area contributed by atoms with Gasteiger partial charge in [0.2, 0.25) is 0 Å². The second-order valence-electron chi connectivity index (χ2n) is 8.96. The summed E-state index contributed by atoms with van der Waals surface area (Å²) < 4.78 is 2.33. The molecule has 0 spiro atoms. The van der Waals surface area contributed by atoms with Crippen LogP contribution in [0.15, 0.2) is 91.1 Å². The minimum Gasteiger partial charge on any atom is -0.385 e. The van der Waals surface area contributed by atoms with E-state index in [0.29, 0.717) is 0 Å². The highest BCUT2D eigenvalue weighted by atomic mass is 32.1. The molecule has 0 amide bonds. The van der Waals surface area contributed by atoms with E-state index in [1.165, 1.54) is 22.6 Å². The van der Waals surface area contributed by atoms with Gasteiger partial charge in [0.25, 0.3) is 0 Å². The first-order valence-electron chi connectivity index (χ1n) is 12.1. The van der Waals surface area contributed by atoms with Gasteiger partial charge in [0.15, 0.2) is 5.11 Å². The topological polar surface area (TPSA) is 45.1 Å². The molecule has 0 saturated carbocycles. The van der Waals surface area contributed by atoms with Crippen molar-refractivity contribution in [3.8, 4) is 5.69 Å². The third-order valence-corrected chi connectivity index (χ3v) is 7.03. The predicted molar refractivity (Wildman–Crippen MR) is 147 cm³/mol. The number of aryl methyl sites for hydroxylation is 1. The Labute approximate surface area is 212 Å². The van der Waals surface area contributed by atoms with Crippen LogP contribution in [-0.4, -0.2) is 32.7 Å². The van der Waals surface area contributed by atoms with Gasteiger partial charge < -0.3 is 20.1 Å². The zero-order valence-corrected chi connectivity index (χ0v) is 21.0. The summed E-state index contributed by atoms with van der Waals surface area (Å²) in [5, 5.41) is 7.90. The van der Waals surface area contributed by atoms with Crippen LogP contribution in [0.1, 0.15) is 41.1 Å². The maximum atomic E-state index is 5.87. The van der Waals surface area contributed by atoms with Crippen LogP contribution in [0.2, 0.25) is 0 Å². The largest absolute Gasteiger partial charge is 0.385 e. The third kappa shape index (κ3) is 4.80. The first-order valence-corrected chi connectivity index (χ1v) is 12.6. The number of para-hydroxylation sites is 2. The first-order chi connectivity index (χ1) is 17.1. The molecule has 2 aromatic carbocycles. The quantitative estimate of drug-likeness (QED) is 0.240. The van der Waals surface area contributed by atoms with E-state index in [4.69, 9.17) is 17.2 Å². The van der Waals surface area contributed by atoms with Crippen LogP contribution in [0.3, 0.4) is 0 Å². The summed E-state index contributed by atoms with van der Waals surface area (Å²) in [5.41, 5.74) is 7.06. The van der Waals surface area contributed by atoms with Crippen molar-refractivity contribution in [1.82, 2.24) is 19.8 Å². The lowest BCUT2D eigenvalue weighted by atomic mass is 9.96. The summed E-state index contributed by atoms with van der Waals surface area (Å²) in [6, 6.07) is 29.3. The molecule has 1 fully saturated rings. The Bertz CT molecular complexity index is 1270. The summed E-state index contributed by atoms with van der Waals surface area (Å²) in [6.07, 6.45) is 2.83. The number of aromatic nitrogens is 2. The van der Waals surface area contributed by atoms with Gasteiger partial charge in [-0.1, -0.05) is 42.5 Å². The van der Waals surface area contributed by atoms with E-state index in [0.717, 1.165) is 36.0 Å². The molecule has 35 heavy (non-hydrogen) atoms. The van der Waals surface area contributed by atoms with Crippen molar-refractivity contribution in [2.75, 3.05) is 18.4 Å². The number of pyridine rings is 1. The van der Waals surface area contributed by atoms with Gasteiger partial charge in [-0.25, -0.2) is 0 Å². The van der Waals surface area contributed by atoms with Crippen molar-refractivity contribution >= 4 is 23.0 Å². The highest BCUT2D eigenvalue weighted by molar-refractivity contribution is 7.80. The van der Waals surface area contributed by atoms with Crippen LogP contribution in [0.5, 0.6) is 0 Å². The van der Waals surface area contributed by atoms with Gasteiger partial charge in [-0.15, -0.1) is 0 Å². The fourth-order valence-electron chi connectivity index (χ4n) is 5.08. The third-order valence-electron chi connectivity index (χ3n) is 6.68. The normalized spacial score (nSPS) is 17.4. The lowest BCUT2D eigenvalue weighted by Crippen LogP contribution is -2.31. The molecule has 2 atom stereocenters. The summed E-state index contributed by atoms with van der Waals surface area (Å²) in [7, 11) is 0. The zero-order valence-electron chi connectivity index (χ0n) is 20.2. The van der Waals surface area contributed by atoms with Gasteiger partial charge in [0.1, 0.15) is 0 Å². The minimum absolute atomic E-state index is 0.00416. The van der Waals surface area contributed by atoms with Crippen LogP contribution in [-0.2, 0) is 0 Å². The van der Waals surface area contributed by atoms with E-state index >= 15 is 0 Å². The van der Waals surface area contributed by atoms with Crippen molar-refractivity contribution in [1.29, 1.82) is 0 Å². The Hall–Kier alpha value is -3.64. The number of hydrogen-bond acceptors (Lipinski definition) is 3. The maximum Gasteiger partial charge on any atom is 0.170 e. The van der Waals surface area contributed by atoms with Crippen LogP contribution in [0.25, 0.3) is 5.69 Å². The molecule has 5 nitrogen and oxygen atoms in total. The van der Waals surface area contributed by atoms with Crippen molar-refractivity contribution in [3.05, 3.63) is 114 Å². The Morgan fingerprint density at radius 1 is 0.943 bits per heavy atom. The highest BCUT2D eigenvalue weighted by Crippen LogP contribution is 2.41. The molecule has 0 bridgehead atoms. The number of benzene rings is 2. The smallest absolute Gasteiger partial charge is 0.170 e. The molecule has 1 saturated heterocycles. The minimum atomic E-state index is -0.00416. The zero-order chi connectivity index (χ0) is 24.2. The van der Waals surface area contributed by atoms with Gasteiger partial charge >= 0.3 is 0 Å². The van der Waals surface area contributed by atoms with Crippen molar-refractivity contribution in [2.24, 2.45) is 0 Å². The Morgan fingerprint density at radius 3 is 2.37 bits per heavy atom. The van der Waals surface area contributed by atoms with E-state index in [-0.39, 0.29) is 12.1 Å². The van der Waals surface area contributed by atoms with E-state index in [2.05, 4.69) is 101 Å². The summed E-state index contributed by atoms with van der Waals surface area (Å²) in [4.78, 5) is 7.04. The fourth-order valence-corrected chi connectivity index (χ4v) is 5.42. The second-order valence-corrected chi connectivity index (χ2v) is 9.35. The number of nitrogens with one attached hydrogen (secondary N) is 2. The van der Waals surface area contributed by atoms with E-state index in [1.54, 1.807) is 0 Å². The molecular weight excluding hydrogens is 450 g/mol. The van der Waals surface area contributed by atoms with Gasteiger partial charge in [-0.3, -0.25) is 4.98 Å². The summed E-state index contributed by atoms with van der Waals surface area (Å²) in [6.45, 7) is 6.12. The Morgan fingerprint density at radius 2 is 1.66 bits per heavy atom. The lowest BCUT2D eigenvalue weighted by molar-refractivity contribution is 0.315. The van der Waals surface area contributed by atoms with Crippen LogP contribution in [0.4, 0.5) is 5.69 Å². The SMILES string of the molecule is Cc1cc([C@@H]2[C@H](c3ccccn3)NC(=S)N2CCCNc2ccccc2)c(C)n1-c1ccccc1. The molecular formula is C29H31N5S. The van der Waals surface area contributed by atoms with E-state index < -0.39 is 0 Å². The highest BCUT2D eigenvalue weighted by Gasteiger charge is 2.41. The molecule has 1 aliphatic heterocycles. The first kappa shape index (κ1) is 23.1. The number of thiocarbonyl (C=S) groups is 1. The summed E-state index contributed by atoms with van der Waals surface area (Å²) >= 11 is 5.87. The number of rotatable bonds is 8. The monoisotopic (exact) mass is 481 g/mol. The number of anilines is 1. The van der Waals surface area contributed by atoms with Crippen molar-refractivity contribution in [3.63, 3.8) is 0 Å². The van der Waals surface area contributed by atoms with Crippen molar-refractivity contribution in [2.45, 2.75) is 32.4 Å². The number of hydrogen-bond donors (Lipinski definition) is 2. The molecule has 2 N–H and O–H groups in total. The maximum absolute atomic E-state index is 5.87. The van der Waals surface area contributed by atoms with Crippen LogP contribution < -0.4 is 10.6 Å². The average molecular weight is 482 g/mol. The molecule has 4 aromatic rings. The number of nitrogens with zero attached hydrogens (tertiary/aromatic N) is 3. The molecule has 0 aliphatic carbocycles. The second kappa shape index (κ2) is 10.3. The molecule has 3 heterocycles. The van der Waals surface area contributed by atoms with E-state index in [1.807, 2.05) is 24.4 Å². The summed E-state index contributed by atoms with van der Waals surface area (Å²) in [5.74, 6) is 0. The average Bonchev–Trinajstić information content (AvgIpc) is 3.38. The van der Waals surface area contributed by atoms with E-state index in [9.17, 15) is 0 Å². The molecule has 5 rings (SSSR count). The molecule has 178 valence electrons. The standard InChI is InChI=1S/C29H31N5S/c1-21-20-25(22(2)34(21)24-14-7-4-8-15-24)28-27(26-16-9-10-17-31-26)32-29(35)33(28)19-11-18-30-23-12-5-3-6-13-23/h3-10,12-17,20,27-28,30H,11,18-19H2,1-2H3,(H,32,35)/t27-,28+/m0/s1. The lowest BCUT2D eigenvalue weighted by Gasteiger charge is -2.28. The van der Waals surface area contributed by atoms with Crippen molar-refractivity contribution < 1.29 is 0 Å². The Balaban J connectivity index is 1.45. The molecule has 6 heteroatoms. The molecule has 1 aliphatic rings. The predicted octanol–water partition coefficient (Wildman–Crippen LogP) is 5.96. The molecule has 0 unspecified atom stereocenters. The van der Waals surface area contributed by atoms with Gasteiger partial charge in [0, 0.05) is 42.0 Å². The van der Waals surface area contributed by atoms with Crippen LogP contribution >= 0.6 is 12.2 Å². The van der Waals surface area contributed by atoms with Gasteiger partial charge in [0.05, 0.1) is 17.8 Å². The van der Waals surface area contributed by atoms with Gasteiger partial charge in [-0.2, -0.15) is 0 Å². The van der Waals surface area contributed by atoms with Gasteiger partial charge in [-0.05, 0) is 80.5 Å². The molecule has 0 radical (unpaired) electrons. The Kier molecular flexibility index (Phi) is 6.82. The molecule has 2 aromatic heterocycles. The van der Waals surface area contributed by atoms with Crippen LogP contribution in [0, 0.1) is 13.8 Å².